The Morgan fingerprint density at radius 1 is 1.08 bits per heavy atom. The molecule has 0 saturated heterocycles. The molecule has 2 aromatic rings. The highest BCUT2D eigenvalue weighted by molar-refractivity contribution is 5.96. The van der Waals surface area contributed by atoms with Crippen molar-refractivity contribution in [3.8, 4) is 0 Å². The molecule has 1 N–H and O–H groups in total. The number of para-hydroxylation sites is 1. The van der Waals surface area contributed by atoms with Crippen molar-refractivity contribution in [3.63, 3.8) is 0 Å². The van der Waals surface area contributed by atoms with Gasteiger partial charge in [-0.15, -0.1) is 0 Å². The minimum absolute atomic E-state index is 0.256. The summed E-state index contributed by atoms with van der Waals surface area (Å²) in [5, 5.41) is 2.89. The lowest BCUT2D eigenvalue weighted by atomic mass is 10.1. The summed E-state index contributed by atoms with van der Waals surface area (Å²) < 4.78 is 5.27. The van der Waals surface area contributed by atoms with Crippen LogP contribution < -0.4 is 5.32 Å². The molecule has 0 saturated carbocycles. The Labute approximate surface area is 149 Å². The van der Waals surface area contributed by atoms with Gasteiger partial charge in [0.25, 0.3) is 5.91 Å². The lowest BCUT2D eigenvalue weighted by molar-refractivity contribution is -0.153. The maximum Gasteiger partial charge on any atom is 0.306 e. The third-order valence-electron chi connectivity index (χ3n) is 4.13. The van der Waals surface area contributed by atoms with Gasteiger partial charge in [-0.1, -0.05) is 55.5 Å². The number of nitrogens with one attached hydrogen (secondary N) is 1. The minimum Gasteiger partial charge on any atom is -0.453 e. The van der Waals surface area contributed by atoms with Gasteiger partial charge in [0.1, 0.15) is 0 Å². The summed E-state index contributed by atoms with van der Waals surface area (Å²) >= 11 is 0. The monoisotopic (exact) mass is 339 g/mol. The molecule has 2 aromatic carbocycles. The van der Waals surface area contributed by atoms with Crippen LogP contribution in [0.25, 0.3) is 0 Å². The van der Waals surface area contributed by atoms with Gasteiger partial charge in [-0.3, -0.25) is 9.59 Å². The minimum atomic E-state index is -0.826. The van der Waals surface area contributed by atoms with Crippen LogP contribution in [-0.2, 0) is 27.2 Å². The number of amides is 1. The van der Waals surface area contributed by atoms with Crippen LogP contribution in [0, 0.1) is 6.92 Å². The first-order valence-corrected chi connectivity index (χ1v) is 8.64. The van der Waals surface area contributed by atoms with Crippen LogP contribution in [-0.4, -0.2) is 18.0 Å². The third kappa shape index (κ3) is 5.45. The van der Waals surface area contributed by atoms with Gasteiger partial charge in [-0.2, -0.15) is 0 Å². The van der Waals surface area contributed by atoms with Crippen LogP contribution in [0.4, 0.5) is 5.69 Å². The molecule has 1 unspecified atom stereocenters. The predicted molar refractivity (Wildman–Crippen MR) is 99.5 cm³/mol. The highest BCUT2D eigenvalue weighted by Crippen LogP contribution is 2.21. The summed E-state index contributed by atoms with van der Waals surface area (Å²) in [7, 11) is 0. The van der Waals surface area contributed by atoms with E-state index in [1.54, 1.807) is 6.92 Å². The number of aryl methyl sites for hydroxylation is 3. The van der Waals surface area contributed by atoms with E-state index in [0.29, 0.717) is 6.42 Å². The van der Waals surface area contributed by atoms with Crippen molar-refractivity contribution in [2.45, 2.75) is 46.1 Å². The summed E-state index contributed by atoms with van der Waals surface area (Å²) in [6.07, 6.45) is 0.855. The molecule has 1 amide bonds. The summed E-state index contributed by atoms with van der Waals surface area (Å²) in [6, 6.07) is 15.6. The number of esters is 1. The zero-order chi connectivity index (χ0) is 18.2. The van der Waals surface area contributed by atoms with Gasteiger partial charge in [0, 0.05) is 12.1 Å². The number of hydrogen-bond acceptors (Lipinski definition) is 3. The molecule has 0 aliphatic carbocycles. The van der Waals surface area contributed by atoms with Gasteiger partial charge in [0.15, 0.2) is 6.10 Å². The van der Waals surface area contributed by atoms with Gasteiger partial charge in [0.2, 0.25) is 0 Å². The van der Waals surface area contributed by atoms with E-state index in [2.05, 4.69) is 5.32 Å². The molecule has 1 atom stereocenters. The maximum atomic E-state index is 12.4. The van der Waals surface area contributed by atoms with Crippen LogP contribution >= 0.6 is 0 Å². The number of benzene rings is 2. The largest absolute Gasteiger partial charge is 0.453 e. The van der Waals surface area contributed by atoms with E-state index in [-0.39, 0.29) is 18.3 Å². The van der Waals surface area contributed by atoms with Crippen molar-refractivity contribution < 1.29 is 14.3 Å². The molecule has 0 spiro atoms. The van der Waals surface area contributed by atoms with E-state index < -0.39 is 6.10 Å². The molecular formula is C21H25NO3. The first kappa shape index (κ1) is 18.7. The van der Waals surface area contributed by atoms with Crippen molar-refractivity contribution in [3.05, 3.63) is 65.2 Å². The summed E-state index contributed by atoms with van der Waals surface area (Å²) in [6.45, 7) is 5.59. The van der Waals surface area contributed by atoms with Crippen LogP contribution in [0.5, 0.6) is 0 Å². The predicted octanol–water partition coefficient (Wildman–Crippen LogP) is 4.06. The second kappa shape index (κ2) is 9.02. The Hall–Kier alpha value is -2.62. The van der Waals surface area contributed by atoms with Crippen molar-refractivity contribution >= 4 is 17.6 Å². The van der Waals surface area contributed by atoms with Crippen LogP contribution in [0.15, 0.2) is 48.5 Å². The molecule has 2 rings (SSSR count). The maximum absolute atomic E-state index is 12.4. The number of rotatable bonds is 7. The molecule has 4 nitrogen and oxygen atoms in total. The highest BCUT2D eigenvalue weighted by Gasteiger charge is 2.19. The molecule has 25 heavy (non-hydrogen) atoms. The molecule has 4 heteroatoms. The zero-order valence-corrected chi connectivity index (χ0v) is 15.0. The summed E-state index contributed by atoms with van der Waals surface area (Å²) in [4.78, 5) is 24.3. The van der Waals surface area contributed by atoms with Gasteiger partial charge in [-0.25, -0.2) is 0 Å². The summed E-state index contributed by atoms with van der Waals surface area (Å²) in [5.41, 5.74) is 3.94. The Balaban J connectivity index is 1.89. The Morgan fingerprint density at radius 2 is 1.80 bits per heavy atom. The first-order valence-electron chi connectivity index (χ1n) is 8.64. The SMILES string of the molecule is CCc1cccc(C)c1NC(=O)C(C)OC(=O)CCc1ccccc1. The Morgan fingerprint density at radius 3 is 2.48 bits per heavy atom. The van der Waals surface area contributed by atoms with E-state index in [4.69, 9.17) is 4.74 Å². The van der Waals surface area contributed by atoms with Crippen molar-refractivity contribution in [1.82, 2.24) is 0 Å². The Bertz CT molecular complexity index is 725. The fraction of sp³-hybridized carbons (Fsp3) is 0.333. The fourth-order valence-electron chi connectivity index (χ4n) is 2.63. The van der Waals surface area contributed by atoms with E-state index in [1.807, 2.05) is 62.4 Å². The molecule has 0 fully saturated rings. The smallest absolute Gasteiger partial charge is 0.306 e. The molecular weight excluding hydrogens is 314 g/mol. The van der Waals surface area contributed by atoms with Crippen molar-refractivity contribution in [2.24, 2.45) is 0 Å². The first-order chi connectivity index (χ1) is 12.0. The van der Waals surface area contributed by atoms with E-state index in [0.717, 1.165) is 28.8 Å². The van der Waals surface area contributed by atoms with E-state index in [9.17, 15) is 9.59 Å². The second-order valence-corrected chi connectivity index (χ2v) is 6.07. The van der Waals surface area contributed by atoms with Crippen LogP contribution in [0.1, 0.15) is 37.0 Å². The Kier molecular flexibility index (Phi) is 6.75. The number of ether oxygens (including phenoxy) is 1. The van der Waals surface area contributed by atoms with Crippen LogP contribution in [0.2, 0.25) is 0 Å². The average molecular weight is 339 g/mol. The van der Waals surface area contributed by atoms with Crippen molar-refractivity contribution in [1.29, 1.82) is 0 Å². The number of carbonyl (C=O) groups excluding carboxylic acids is 2. The zero-order valence-electron chi connectivity index (χ0n) is 15.0. The molecule has 0 aliphatic rings. The molecule has 0 aliphatic heterocycles. The van der Waals surface area contributed by atoms with Crippen molar-refractivity contribution in [2.75, 3.05) is 5.32 Å². The van der Waals surface area contributed by atoms with Gasteiger partial charge >= 0.3 is 5.97 Å². The standard InChI is InChI=1S/C21H25NO3/c1-4-18-12-8-9-15(2)20(18)22-21(24)16(3)25-19(23)14-13-17-10-6-5-7-11-17/h5-12,16H,4,13-14H2,1-3H3,(H,22,24). The summed E-state index contributed by atoms with van der Waals surface area (Å²) in [5.74, 6) is -0.677. The number of anilines is 1. The van der Waals surface area contributed by atoms with Crippen LogP contribution in [0.3, 0.4) is 0 Å². The molecule has 0 aromatic heterocycles. The van der Waals surface area contributed by atoms with Gasteiger partial charge in [-0.05, 0) is 43.4 Å². The number of hydrogen-bond donors (Lipinski definition) is 1. The fourth-order valence-corrected chi connectivity index (χ4v) is 2.63. The molecule has 132 valence electrons. The lowest BCUT2D eigenvalue weighted by Crippen LogP contribution is -2.30. The highest BCUT2D eigenvalue weighted by atomic mass is 16.5. The second-order valence-electron chi connectivity index (χ2n) is 6.07. The van der Waals surface area contributed by atoms with E-state index >= 15 is 0 Å². The quantitative estimate of drug-likeness (QED) is 0.774. The number of carbonyl (C=O) groups is 2. The molecule has 0 bridgehead atoms. The average Bonchev–Trinajstić information content (AvgIpc) is 2.62. The topological polar surface area (TPSA) is 55.4 Å². The van der Waals surface area contributed by atoms with Gasteiger partial charge < -0.3 is 10.1 Å². The van der Waals surface area contributed by atoms with E-state index in [1.165, 1.54) is 0 Å². The third-order valence-corrected chi connectivity index (χ3v) is 4.13. The van der Waals surface area contributed by atoms with Gasteiger partial charge in [0.05, 0.1) is 0 Å². The molecule has 0 radical (unpaired) electrons. The lowest BCUT2D eigenvalue weighted by Gasteiger charge is -2.17. The molecule has 0 heterocycles. The normalized spacial score (nSPS) is 11.6.